The van der Waals surface area contributed by atoms with E-state index in [9.17, 15) is 0 Å². The lowest BCUT2D eigenvalue weighted by Gasteiger charge is -1.98. The molecule has 0 saturated heterocycles. The highest BCUT2D eigenvalue weighted by Gasteiger charge is 2.07. The second-order valence-electron chi connectivity index (χ2n) is 3.82. The monoisotopic (exact) mass is 234 g/mol. The Morgan fingerprint density at radius 2 is 1.88 bits per heavy atom. The Balaban J connectivity index is 2.00. The van der Waals surface area contributed by atoms with Crippen LogP contribution in [0.2, 0.25) is 5.02 Å². The van der Waals surface area contributed by atoms with Gasteiger partial charge in [0.25, 0.3) is 0 Å². The zero-order chi connectivity index (χ0) is 11.4. The Hall–Kier alpha value is -1.21. The molecule has 16 heavy (non-hydrogen) atoms. The van der Waals surface area contributed by atoms with Crippen molar-refractivity contribution in [2.75, 3.05) is 0 Å². The number of halogens is 1. The summed E-state index contributed by atoms with van der Waals surface area (Å²) in [4.78, 5) is 0. The summed E-state index contributed by atoms with van der Waals surface area (Å²) in [6.07, 6.45) is 2.75. The summed E-state index contributed by atoms with van der Waals surface area (Å²) in [7, 11) is 0. The lowest BCUT2D eigenvalue weighted by atomic mass is 10.1. The van der Waals surface area contributed by atoms with Gasteiger partial charge in [0, 0.05) is 12.8 Å². The highest BCUT2D eigenvalue weighted by atomic mass is 35.5. The summed E-state index contributed by atoms with van der Waals surface area (Å²) in [6, 6.07) is 12.3. The third-order valence-electron chi connectivity index (χ3n) is 2.63. The largest absolute Gasteiger partial charge is 0.464 e. The van der Waals surface area contributed by atoms with Crippen LogP contribution < -0.4 is 0 Å². The smallest absolute Gasteiger partial charge is 0.122 e. The molecule has 1 heterocycles. The first-order chi connectivity index (χ1) is 7.79. The van der Waals surface area contributed by atoms with Crippen molar-refractivity contribution >= 4 is 11.6 Å². The van der Waals surface area contributed by atoms with Gasteiger partial charge in [0.05, 0.1) is 5.02 Å². The van der Waals surface area contributed by atoms with Gasteiger partial charge in [-0.15, -0.1) is 0 Å². The maximum Gasteiger partial charge on any atom is 0.122 e. The van der Waals surface area contributed by atoms with E-state index in [1.54, 1.807) is 0 Å². The van der Waals surface area contributed by atoms with Crippen LogP contribution >= 0.6 is 11.6 Å². The van der Waals surface area contributed by atoms with Crippen LogP contribution in [-0.4, -0.2) is 0 Å². The number of hydrogen-bond acceptors (Lipinski definition) is 1. The molecule has 0 aliphatic rings. The van der Waals surface area contributed by atoms with Crippen LogP contribution in [0.1, 0.15) is 24.0 Å². The lowest BCUT2D eigenvalue weighted by molar-refractivity contribution is 0.469. The normalized spacial score (nSPS) is 10.6. The van der Waals surface area contributed by atoms with E-state index >= 15 is 0 Å². The molecule has 84 valence electrons. The maximum absolute atomic E-state index is 6.03. The maximum atomic E-state index is 6.03. The van der Waals surface area contributed by atoms with Crippen molar-refractivity contribution in [3.05, 3.63) is 58.5 Å². The van der Waals surface area contributed by atoms with Gasteiger partial charge < -0.3 is 4.42 Å². The van der Waals surface area contributed by atoms with E-state index in [4.69, 9.17) is 16.0 Å². The molecule has 0 bridgehead atoms. The zero-order valence-electron chi connectivity index (χ0n) is 9.37. The van der Waals surface area contributed by atoms with E-state index in [2.05, 4.69) is 24.3 Å². The standard InChI is InChI=1S/C14H15ClO/c1-2-14-13(15)10-12(16-14)9-8-11-6-4-3-5-7-11/h3-7,10H,2,8-9H2,1H3. The summed E-state index contributed by atoms with van der Waals surface area (Å²) in [6.45, 7) is 2.05. The Bertz CT molecular complexity index is 445. The van der Waals surface area contributed by atoms with Crippen molar-refractivity contribution in [1.82, 2.24) is 0 Å². The number of furan rings is 1. The van der Waals surface area contributed by atoms with Gasteiger partial charge in [-0.1, -0.05) is 48.9 Å². The van der Waals surface area contributed by atoms with Crippen molar-refractivity contribution in [1.29, 1.82) is 0 Å². The first-order valence-corrected chi connectivity index (χ1v) is 5.98. The highest BCUT2D eigenvalue weighted by Crippen LogP contribution is 2.22. The molecule has 0 atom stereocenters. The Kier molecular flexibility index (Phi) is 3.68. The van der Waals surface area contributed by atoms with Gasteiger partial charge in [-0.2, -0.15) is 0 Å². The summed E-state index contributed by atoms with van der Waals surface area (Å²) >= 11 is 6.03. The third kappa shape index (κ3) is 2.67. The van der Waals surface area contributed by atoms with Crippen LogP contribution in [0.3, 0.4) is 0 Å². The minimum atomic E-state index is 0.755. The molecule has 0 aliphatic carbocycles. The molecule has 0 N–H and O–H groups in total. The van der Waals surface area contributed by atoms with Crippen LogP contribution in [-0.2, 0) is 19.3 Å². The summed E-state index contributed by atoms with van der Waals surface area (Å²) in [5.41, 5.74) is 1.33. The number of hydrogen-bond donors (Lipinski definition) is 0. The molecule has 0 radical (unpaired) electrons. The summed E-state index contributed by atoms with van der Waals surface area (Å²) in [5.74, 6) is 1.87. The molecule has 2 aromatic rings. The van der Waals surface area contributed by atoms with Gasteiger partial charge in [0.2, 0.25) is 0 Å². The van der Waals surface area contributed by atoms with Crippen LogP contribution in [0.25, 0.3) is 0 Å². The predicted molar refractivity (Wildman–Crippen MR) is 66.9 cm³/mol. The van der Waals surface area contributed by atoms with Gasteiger partial charge in [-0.3, -0.25) is 0 Å². The molecular weight excluding hydrogens is 220 g/mol. The predicted octanol–water partition coefficient (Wildman–Crippen LogP) is 4.28. The molecule has 2 rings (SSSR count). The van der Waals surface area contributed by atoms with E-state index in [0.717, 1.165) is 35.8 Å². The van der Waals surface area contributed by atoms with E-state index in [0.29, 0.717) is 0 Å². The first kappa shape index (κ1) is 11.3. The lowest BCUT2D eigenvalue weighted by Crippen LogP contribution is -1.88. The molecule has 1 aromatic carbocycles. The molecule has 2 heteroatoms. The first-order valence-electron chi connectivity index (χ1n) is 5.60. The van der Waals surface area contributed by atoms with Crippen LogP contribution in [0.15, 0.2) is 40.8 Å². The fourth-order valence-electron chi connectivity index (χ4n) is 1.73. The second-order valence-corrected chi connectivity index (χ2v) is 4.23. The molecule has 0 amide bonds. The van der Waals surface area contributed by atoms with E-state index < -0.39 is 0 Å². The average molecular weight is 235 g/mol. The molecule has 0 unspecified atom stereocenters. The molecule has 0 spiro atoms. The average Bonchev–Trinajstić information content (AvgIpc) is 2.69. The Morgan fingerprint density at radius 1 is 1.12 bits per heavy atom. The third-order valence-corrected chi connectivity index (χ3v) is 2.95. The molecule has 1 aromatic heterocycles. The van der Waals surface area contributed by atoms with Crippen molar-refractivity contribution in [2.45, 2.75) is 26.2 Å². The van der Waals surface area contributed by atoms with E-state index in [1.165, 1.54) is 5.56 Å². The van der Waals surface area contributed by atoms with Crippen LogP contribution in [0.5, 0.6) is 0 Å². The quantitative estimate of drug-likeness (QED) is 0.770. The summed E-state index contributed by atoms with van der Waals surface area (Å²) in [5, 5.41) is 0.755. The number of rotatable bonds is 4. The molecule has 1 nitrogen and oxygen atoms in total. The van der Waals surface area contributed by atoms with Gasteiger partial charge in [-0.25, -0.2) is 0 Å². The van der Waals surface area contributed by atoms with Gasteiger partial charge >= 0.3 is 0 Å². The van der Waals surface area contributed by atoms with Gasteiger partial charge in [0.1, 0.15) is 11.5 Å². The summed E-state index contributed by atoms with van der Waals surface area (Å²) < 4.78 is 5.65. The van der Waals surface area contributed by atoms with Crippen molar-refractivity contribution < 1.29 is 4.42 Å². The topological polar surface area (TPSA) is 13.1 Å². The van der Waals surface area contributed by atoms with Crippen LogP contribution in [0.4, 0.5) is 0 Å². The fraction of sp³-hybridized carbons (Fsp3) is 0.286. The number of benzene rings is 1. The van der Waals surface area contributed by atoms with Gasteiger partial charge in [-0.05, 0) is 18.1 Å². The molecular formula is C14H15ClO. The van der Waals surface area contributed by atoms with Crippen molar-refractivity contribution in [3.63, 3.8) is 0 Å². The van der Waals surface area contributed by atoms with E-state index in [1.807, 2.05) is 19.1 Å². The van der Waals surface area contributed by atoms with Crippen molar-refractivity contribution in [3.8, 4) is 0 Å². The molecule has 0 aliphatic heterocycles. The van der Waals surface area contributed by atoms with Crippen molar-refractivity contribution in [2.24, 2.45) is 0 Å². The molecule has 0 saturated carbocycles. The SMILES string of the molecule is CCc1oc(CCc2ccccc2)cc1Cl. The highest BCUT2D eigenvalue weighted by molar-refractivity contribution is 6.31. The molecule has 0 fully saturated rings. The van der Waals surface area contributed by atoms with E-state index in [-0.39, 0.29) is 0 Å². The zero-order valence-corrected chi connectivity index (χ0v) is 10.1. The second kappa shape index (κ2) is 5.22. The number of aryl methyl sites for hydroxylation is 3. The fourth-order valence-corrected chi connectivity index (χ4v) is 2.03. The van der Waals surface area contributed by atoms with Crippen LogP contribution in [0, 0.1) is 0 Å². The van der Waals surface area contributed by atoms with Gasteiger partial charge in [0.15, 0.2) is 0 Å². The Labute approximate surface area is 101 Å². The Morgan fingerprint density at radius 3 is 2.50 bits per heavy atom. The minimum absolute atomic E-state index is 0.755. The minimum Gasteiger partial charge on any atom is -0.464 e.